The zero-order valence-electron chi connectivity index (χ0n) is 19.2. The van der Waals surface area contributed by atoms with Gasteiger partial charge in [-0.2, -0.15) is 0 Å². The Balaban J connectivity index is 0.00000306. The summed E-state index contributed by atoms with van der Waals surface area (Å²) in [4.78, 5) is 39.7. The summed E-state index contributed by atoms with van der Waals surface area (Å²) in [5.41, 5.74) is 2.24. The third kappa shape index (κ3) is 5.39. The van der Waals surface area contributed by atoms with Crippen molar-refractivity contribution in [3.8, 4) is 0 Å². The van der Waals surface area contributed by atoms with Gasteiger partial charge in [-0.1, -0.05) is 30.3 Å². The predicted molar refractivity (Wildman–Crippen MR) is 123 cm³/mol. The SMILES string of the molecule is Cn1c2c(c(=O)n(C)c1=O)C(CC[NH+]1CCCCC1)C(NC(=O)NCc1ccccc1)=C2.[Cl-]. The van der Waals surface area contributed by atoms with Gasteiger partial charge in [0.15, 0.2) is 0 Å². The number of carbonyl (C=O) groups is 1. The number of likely N-dealkylation sites (tertiary alicyclic amines) is 1. The zero-order chi connectivity index (χ0) is 22.7. The number of piperidine rings is 1. The normalized spacial score (nSPS) is 17.6. The Bertz CT molecular complexity index is 1130. The van der Waals surface area contributed by atoms with Crippen LogP contribution in [0.25, 0.3) is 6.08 Å². The van der Waals surface area contributed by atoms with Crippen LogP contribution < -0.4 is 39.2 Å². The highest BCUT2D eigenvalue weighted by Crippen LogP contribution is 2.33. The average Bonchev–Trinajstić information content (AvgIpc) is 3.18. The van der Waals surface area contributed by atoms with Crippen LogP contribution in [0.3, 0.4) is 0 Å². The first-order chi connectivity index (χ1) is 15.5. The van der Waals surface area contributed by atoms with E-state index in [1.807, 2.05) is 30.3 Å². The van der Waals surface area contributed by atoms with Gasteiger partial charge in [0.05, 0.1) is 30.9 Å². The first-order valence-electron chi connectivity index (χ1n) is 11.4. The Kier molecular flexibility index (Phi) is 8.15. The van der Waals surface area contributed by atoms with Gasteiger partial charge < -0.3 is 27.9 Å². The Morgan fingerprint density at radius 1 is 1.06 bits per heavy atom. The molecule has 4 rings (SSSR count). The molecule has 1 aromatic carbocycles. The molecule has 1 atom stereocenters. The van der Waals surface area contributed by atoms with Gasteiger partial charge in [0.25, 0.3) is 5.56 Å². The highest BCUT2D eigenvalue weighted by Gasteiger charge is 2.33. The summed E-state index contributed by atoms with van der Waals surface area (Å²) in [5, 5.41) is 5.85. The van der Waals surface area contributed by atoms with Crippen LogP contribution in [0.1, 0.15) is 48.4 Å². The van der Waals surface area contributed by atoms with Gasteiger partial charge >= 0.3 is 11.7 Å². The molecular weight excluding hydrogens is 442 g/mol. The quantitative estimate of drug-likeness (QED) is 0.433. The van der Waals surface area contributed by atoms with E-state index >= 15 is 0 Å². The lowest BCUT2D eigenvalue weighted by molar-refractivity contribution is -0.905. The summed E-state index contributed by atoms with van der Waals surface area (Å²) >= 11 is 0. The monoisotopic (exact) mass is 473 g/mol. The van der Waals surface area contributed by atoms with Crippen LogP contribution in [0, 0.1) is 0 Å². The number of carbonyl (C=O) groups excluding carboxylic acids is 1. The highest BCUT2D eigenvalue weighted by molar-refractivity contribution is 5.79. The van der Waals surface area contributed by atoms with Crippen LogP contribution in [0.2, 0.25) is 0 Å². The molecular formula is C24H32ClN5O3. The number of amides is 2. The number of allylic oxidation sites excluding steroid dienone is 1. The molecule has 1 fully saturated rings. The molecule has 3 N–H and O–H groups in total. The smallest absolute Gasteiger partial charge is 0.330 e. The lowest BCUT2D eigenvalue weighted by atomic mass is 9.97. The lowest BCUT2D eigenvalue weighted by Gasteiger charge is -2.25. The molecule has 178 valence electrons. The van der Waals surface area contributed by atoms with Gasteiger partial charge in [-0.3, -0.25) is 13.9 Å². The Morgan fingerprint density at radius 3 is 2.45 bits per heavy atom. The van der Waals surface area contributed by atoms with E-state index in [9.17, 15) is 14.4 Å². The number of aromatic nitrogens is 2. The first-order valence-corrected chi connectivity index (χ1v) is 11.4. The van der Waals surface area contributed by atoms with E-state index in [1.54, 1.807) is 18.0 Å². The zero-order valence-corrected chi connectivity index (χ0v) is 20.0. The van der Waals surface area contributed by atoms with E-state index in [0.29, 0.717) is 23.5 Å². The second-order valence-corrected chi connectivity index (χ2v) is 8.80. The largest absolute Gasteiger partial charge is 1.00 e. The summed E-state index contributed by atoms with van der Waals surface area (Å²) in [6.45, 7) is 3.64. The van der Waals surface area contributed by atoms with Crippen LogP contribution >= 0.6 is 0 Å². The van der Waals surface area contributed by atoms with Crippen molar-refractivity contribution in [1.29, 1.82) is 0 Å². The van der Waals surface area contributed by atoms with Crippen LogP contribution in [0.5, 0.6) is 0 Å². The minimum Gasteiger partial charge on any atom is -1.00 e. The minimum atomic E-state index is -0.361. The molecule has 2 aliphatic rings. The average molecular weight is 474 g/mol. The number of quaternary nitrogens is 1. The number of benzene rings is 1. The second kappa shape index (κ2) is 10.9. The van der Waals surface area contributed by atoms with Crippen molar-refractivity contribution < 1.29 is 22.1 Å². The van der Waals surface area contributed by atoms with Crippen molar-refractivity contribution in [2.24, 2.45) is 14.1 Å². The lowest BCUT2D eigenvalue weighted by Crippen LogP contribution is -3.12. The molecule has 0 bridgehead atoms. The predicted octanol–water partition coefficient (Wildman–Crippen LogP) is -2.52. The van der Waals surface area contributed by atoms with Crippen LogP contribution in [0.15, 0.2) is 45.6 Å². The number of fused-ring (bicyclic) bond motifs is 1. The highest BCUT2D eigenvalue weighted by atomic mass is 35.5. The van der Waals surface area contributed by atoms with E-state index in [0.717, 1.165) is 36.2 Å². The van der Waals surface area contributed by atoms with E-state index in [-0.39, 0.29) is 35.6 Å². The van der Waals surface area contributed by atoms with Crippen LogP contribution in [-0.4, -0.2) is 34.8 Å². The van der Waals surface area contributed by atoms with Crippen molar-refractivity contribution in [2.75, 3.05) is 19.6 Å². The number of hydrogen-bond donors (Lipinski definition) is 3. The number of urea groups is 1. The minimum absolute atomic E-state index is 0. The summed E-state index contributed by atoms with van der Waals surface area (Å²) in [5.74, 6) is -0.229. The standard InChI is InChI=1S/C24H31N5O3.ClH/c1-27-20-15-19(26-23(31)25-16-17-9-5-3-6-10-17)18(11-14-29-12-7-4-8-13-29)21(20)22(30)28(2)24(27)32;/h3,5-6,9-10,15,18H,4,7-8,11-14,16H2,1-2H3,(H2,25,26,31);1H. The molecule has 0 spiro atoms. The topological polar surface area (TPSA) is 89.6 Å². The maximum Gasteiger partial charge on any atom is 0.330 e. The van der Waals surface area contributed by atoms with E-state index < -0.39 is 0 Å². The van der Waals surface area contributed by atoms with Gasteiger partial charge in [-0.25, -0.2) is 9.59 Å². The van der Waals surface area contributed by atoms with Crippen molar-refractivity contribution in [3.05, 3.63) is 73.7 Å². The molecule has 33 heavy (non-hydrogen) atoms. The van der Waals surface area contributed by atoms with E-state index in [1.165, 1.54) is 30.9 Å². The number of halogens is 1. The number of hydrogen-bond acceptors (Lipinski definition) is 3. The molecule has 1 aliphatic carbocycles. The van der Waals surface area contributed by atoms with Gasteiger partial charge in [-0.05, 0) is 30.9 Å². The molecule has 0 saturated carbocycles. The van der Waals surface area contributed by atoms with Gasteiger partial charge in [0.1, 0.15) is 0 Å². The third-order valence-corrected chi connectivity index (χ3v) is 6.66. The van der Waals surface area contributed by atoms with Crippen molar-refractivity contribution in [2.45, 2.75) is 38.1 Å². The van der Waals surface area contributed by atoms with Crippen LogP contribution in [0.4, 0.5) is 4.79 Å². The molecule has 2 amide bonds. The molecule has 2 aromatic rings. The summed E-state index contributed by atoms with van der Waals surface area (Å²) in [6.07, 6.45) is 6.29. The summed E-state index contributed by atoms with van der Waals surface area (Å²) in [7, 11) is 3.18. The molecule has 1 saturated heterocycles. The van der Waals surface area contributed by atoms with Gasteiger partial charge in [-0.15, -0.1) is 0 Å². The second-order valence-electron chi connectivity index (χ2n) is 8.80. The number of nitrogens with one attached hydrogen (secondary N) is 3. The molecule has 9 heteroatoms. The maximum atomic E-state index is 13.0. The molecule has 0 radical (unpaired) electrons. The van der Waals surface area contributed by atoms with E-state index in [2.05, 4.69) is 10.6 Å². The van der Waals surface area contributed by atoms with Crippen molar-refractivity contribution >= 4 is 12.1 Å². The van der Waals surface area contributed by atoms with E-state index in [4.69, 9.17) is 0 Å². The fourth-order valence-electron chi connectivity index (χ4n) is 4.82. The Hall–Kier alpha value is -2.84. The third-order valence-electron chi connectivity index (χ3n) is 6.66. The first kappa shape index (κ1) is 24.8. The van der Waals surface area contributed by atoms with Gasteiger partial charge in [0, 0.05) is 38.7 Å². The summed E-state index contributed by atoms with van der Waals surface area (Å²) < 4.78 is 2.65. The van der Waals surface area contributed by atoms with Gasteiger partial charge in [0.2, 0.25) is 0 Å². The molecule has 8 nitrogen and oxygen atoms in total. The fraction of sp³-hybridized carbons (Fsp3) is 0.458. The van der Waals surface area contributed by atoms with Crippen LogP contribution in [-0.2, 0) is 20.6 Å². The summed E-state index contributed by atoms with van der Waals surface area (Å²) in [6, 6.07) is 9.39. The number of nitrogens with zero attached hydrogens (tertiary/aromatic N) is 2. The molecule has 2 heterocycles. The van der Waals surface area contributed by atoms with Crippen molar-refractivity contribution in [1.82, 2.24) is 19.8 Å². The molecule has 1 unspecified atom stereocenters. The maximum absolute atomic E-state index is 13.0. The molecule has 1 aromatic heterocycles. The number of rotatable bonds is 6. The Labute approximate surface area is 199 Å². The Morgan fingerprint density at radius 2 is 1.76 bits per heavy atom. The van der Waals surface area contributed by atoms with Crippen molar-refractivity contribution in [3.63, 3.8) is 0 Å². The fourth-order valence-corrected chi connectivity index (χ4v) is 4.82. The molecule has 1 aliphatic heterocycles.